The van der Waals surface area contributed by atoms with Gasteiger partial charge in [0.25, 0.3) is 0 Å². The van der Waals surface area contributed by atoms with Crippen molar-refractivity contribution in [3.8, 4) is 116 Å². The highest BCUT2D eigenvalue weighted by Gasteiger charge is 2.39. The van der Waals surface area contributed by atoms with Crippen molar-refractivity contribution in [1.29, 1.82) is 42.1 Å². The SMILES string of the molecule is N#Cc1cc(C#N)cc(-c2ccc3c(c2)c2cc(-c4cc(C#N)cc(C#N)c4)ccc2n3-c2ccc(C(F)(F)F)c(-c3cc(-n4c5ccc(-c6cc(C#N)cc(C#N)c6)cc5c5cc(-c6cc(C#N)cc(C#N)c6)ccc54)ccc3C(F)(F)F)c2)c1. The number of nitrogens with zero attached hydrogens (tertiary/aromatic N) is 10. The van der Waals surface area contributed by atoms with E-state index in [2.05, 4.69) is 48.6 Å². The number of hydrogen-bond donors (Lipinski definition) is 0. The first-order valence-electron chi connectivity index (χ1n) is 25.9. The topological polar surface area (TPSA) is 200 Å². The summed E-state index contributed by atoms with van der Waals surface area (Å²) in [6.07, 6.45) is -10.4. The first-order valence-corrected chi connectivity index (χ1v) is 25.9. The molecule has 10 aromatic carbocycles. The van der Waals surface area contributed by atoms with E-state index in [1.807, 2.05) is 0 Å². The molecule has 86 heavy (non-hydrogen) atoms. The third-order valence-electron chi connectivity index (χ3n) is 15.1. The molecule has 2 heterocycles. The van der Waals surface area contributed by atoms with Gasteiger partial charge in [0.2, 0.25) is 0 Å². The van der Waals surface area contributed by atoms with Crippen molar-refractivity contribution in [3.05, 3.63) is 238 Å². The maximum Gasteiger partial charge on any atom is 0.417 e. The molecule has 0 aliphatic heterocycles. The lowest BCUT2D eigenvalue weighted by molar-refractivity contribution is -0.139. The van der Waals surface area contributed by atoms with Gasteiger partial charge >= 0.3 is 12.4 Å². The fourth-order valence-corrected chi connectivity index (χ4v) is 11.3. The number of halogens is 6. The van der Waals surface area contributed by atoms with Crippen LogP contribution in [0.5, 0.6) is 0 Å². The third kappa shape index (κ3) is 9.43. The van der Waals surface area contributed by atoms with Crippen molar-refractivity contribution in [3.63, 3.8) is 0 Å². The van der Waals surface area contributed by atoms with Gasteiger partial charge in [-0.3, -0.25) is 0 Å². The van der Waals surface area contributed by atoms with Crippen molar-refractivity contribution in [2.24, 2.45) is 0 Å². The van der Waals surface area contributed by atoms with Gasteiger partial charge in [-0.15, -0.1) is 0 Å². The van der Waals surface area contributed by atoms with Crippen LogP contribution in [-0.2, 0) is 12.4 Å². The van der Waals surface area contributed by atoms with Crippen molar-refractivity contribution in [1.82, 2.24) is 9.13 Å². The largest absolute Gasteiger partial charge is 0.417 e. The van der Waals surface area contributed by atoms with Crippen molar-refractivity contribution < 1.29 is 26.3 Å². The molecule has 0 radical (unpaired) electrons. The van der Waals surface area contributed by atoms with Crippen LogP contribution in [0.25, 0.3) is 111 Å². The summed E-state index contributed by atoms with van der Waals surface area (Å²) in [5.41, 5.74) is 3.25. The Balaban J connectivity index is 1.11. The van der Waals surface area contributed by atoms with E-state index in [1.54, 1.807) is 130 Å². The molecule has 0 atom stereocenters. The number of benzene rings is 10. The average Bonchev–Trinajstić information content (AvgIpc) is 1.62. The minimum atomic E-state index is -5.19. The molecule has 12 aromatic rings. The zero-order valence-electron chi connectivity index (χ0n) is 44.1. The number of hydrogen-bond acceptors (Lipinski definition) is 8. The number of nitriles is 8. The van der Waals surface area contributed by atoms with E-state index in [1.165, 1.54) is 36.4 Å². The van der Waals surface area contributed by atoms with Crippen LogP contribution in [0.2, 0.25) is 0 Å². The zero-order valence-corrected chi connectivity index (χ0v) is 44.1. The van der Waals surface area contributed by atoms with E-state index >= 15 is 26.3 Å². The van der Waals surface area contributed by atoms with Gasteiger partial charge in [0.15, 0.2) is 0 Å². The molecule has 10 nitrogen and oxygen atoms in total. The Kier molecular flexibility index (Phi) is 13.0. The summed E-state index contributed by atoms with van der Waals surface area (Å²) >= 11 is 0. The first-order chi connectivity index (χ1) is 41.4. The molecule has 0 spiro atoms. The van der Waals surface area contributed by atoms with Gasteiger partial charge in [-0.2, -0.15) is 68.4 Å². The predicted octanol–water partition coefficient (Wildman–Crippen LogP) is 17.2. The van der Waals surface area contributed by atoms with Crippen molar-refractivity contribution in [2.45, 2.75) is 12.4 Å². The Hall–Kier alpha value is -12.7. The van der Waals surface area contributed by atoms with Crippen LogP contribution in [0.15, 0.2) is 182 Å². The molecule has 0 N–H and O–H groups in total. The van der Waals surface area contributed by atoms with E-state index in [9.17, 15) is 42.1 Å². The molecule has 0 saturated heterocycles. The van der Waals surface area contributed by atoms with E-state index < -0.39 is 34.6 Å². The number of alkyl halides is 6. The molecule has 0 aliphatic carbocycles. The summed E-state index contributed by atoms with van der Waals surface area (Å²) in [5.74, 6) is 0. The van der Waals surface area contributed by atoms with Gasteiger partial charge in [-0.1, -0.05) is 24.3 Å². The summed E-state index contributed by atoms with van der Waals surface area (Å²) in [6.45, 7) is 0. The maximum atomic E-state index is 15.7. The number of rotatable bonds is 7. The first kappa shape index (κ1) is 53.9. The summed E-state index contributed by atoms with van der Waals surface area (Å²) in [5, 5.41) is 80.8. The molecular weight excluding hydrogens is 1090 g/mol. The van der Waals surface area contributed by atoms with E-state index in [4.69, 9.17) is 0 Å². The normalized spacial score (nSPS) is 11.3. The number of aromatic nitrogens is 2. The fourth-order valence-electron chi connectivity index (χ4n) is 11.3. The lowest BCUT2D eigenvalue weighted by atomic mass is 9.93. The minimum Gasteiger partial charge on any atom is -0.309 e. The van der Waals surface area contributed by atoms with Crippen LogP contribution in [0.3, 0.4) is 0 Å². The van der Waals surface area contributed by atoms with E-state index in [0.29, 0.717) is 88.1 Å². The van der Waals surface area contributed by atoms with Crippen LogP contribution in [0.1, 0.15) is 55.6 Å². The standard InChI is InChI=1S/C70H30F6N10/c71-69(72,73)63-7-5-55(85-65-9-1-47(51-17-39(31-77)13-40(18-51)32-78)25-59(65)60-26-48(2-10-66(60)85)52-19-41(33-79)14-42(20-52)34-80)29-57(63)58-30-56(6-8-64(58)70(74,75)76)86-67-11-3-49(53-21-43(35-81)15-44(22-53)36-82)27-61(67)62-28-50(4-12-68(62)86)54-23-45(37-83)16-46(24-54)38-84/h1-30H. The molecule has 0 fully saturated rings. The smallest absolute Gasteiger partial charge is 0.309 e. The maximum absolute atomic E-state index is 15.7. The van der Waals surface area contributed by atoms with Crippen LogP contribution in [-0.4, -0.2) is 9.13 Å². The highest BCUT2D eigenvalue weighted by atomic mass is 19.4. The highest BCUT2D eigenvalue weighted by molar-refractivity contribution is 6.13. The van der Waals surface area contributed by atoms with Crippen LogP contribution in [0.4, 0.5) is 26.3 Å². The monoisotopic (exact) mass is 1120 g/mol. The predicted molar refractivity (Wildman–Crippen MR) is 310 cm³/mol. The van der Waals surface area contributed by atoms with E-state index in [0.717, 1.165) is 24.3 Å². The Morgan fingerprint density at radius 3 is 0.663 bits per heavy atom. The summed E-state index contributed by atoms with van der Waals surface area (Å²) in [7, 11) is 0. The van der Waals surface area contributed by atoms with Gasteiger partial charge in [0.1, 0.15) is 0 Å². The lowest BCUT2D eigenvalue weighted by Gasteiger charge is -2.21. The van der Waals surface area contributed by atoms with Crippen LogP contribution in [0, 0.1) is 90.6 Å². The summed E-state index contributed by atoms with van der Waals surface area (Å²) in [4.78, 5) is 0. The Morgan fingerprint density at radius 1 is 0.244 bits per heavy atom. The van der Waals surface area contributed by atoms with Gasteiger partial charge in [-0.25, -0.2) is 0 Å². The molecule has 16 heteroatoms. The molecule has 0 aliphatic rings. The van der Waals surface area contributed by atoms with Gasteiger partial charge in [0.05, 0.1) is 126 Å². The molecule has 0 unspecified atom stereocenters. The Morgan fingerprint density at radius 2 is 0.465 bits per heavy atom. The second-order valence-corrected chi connectivity index (χ2v) is 20.1. The molecule has 0 bridgehead atoms. The summed E-state index contributed by atoms with van der Waals surface area (Å²) in [6, 6.07) is 61.6. The van der Waals surface area contributed by atoms with Gasteiger partial charge < -0.3 is 9.13 Å². The minimum absolute atomic E-state index is 0.0421. The average molecular weight is 1130 g/mol. The second kappa shape index (κ2) is 20.7. The lowest BCUT2D eigenvalue weighted by Crippen LogP contribution is -2.12. The molecule has 0 amide bonds. The molecule has 402 valence electrons. The zero-order chi connectivity index (χ0) is 60.3. The quantitative estimate of drug-likeness (QED) is 0.140. The molecule has 0 saturated carbocycles. The Bertz CT molecular complexity index is 4610. The summed E-state index contributed by atoms with van der Waals surface area (Å²) < 4.78 is 97.2. The van der Waals surface area contributed by atoms with Crippen LogP contribution < -0.4 is 0 Å². The van der Waals surface area contributed by atoms with Crippen LogP contribution >= 0.6 is 0 Å². The number of fused-ring (bicyclic) bond motifs is 6. The third-order valence-corrected chi connectivity index (χ3v) is 15.1. The van der Waals surface area contributed by atoms with Crippen molar-refractivity contribution >= 4 is 43.6 Å². The second-order valence-electron chi connectivity index (χ2n) is 20.1. The molecule has 2 aromatic heterocycles. The van der Waals surface area contributed by atoms with E-state index in [-0.39, 0.29) is 55.9 Å². The van der Waals surface area contributed by atoms with Gasteiger partial charge in [-0.05, 0) is 213 Å². The highest BCUT2D eigenvalue weighted by Crippen LogP contribution is 2.47. The van der Waals surface area contributed by atoms with Crippen molar-refractivity contribution in [2.75, 3.05) is 0 Å². The van der Waals surface area contributed by atoms with Gasteiger partial charge in [0, 0.05) is 32.9 Å². The molecular formula is C70H30F6N10. The fraction of sp³-hybridized carbons (Fsp3) is 0.0286. The Labute approximate surface area is 484 Å². The molecule has 12 rings (SSSR count).